The molecule has 0 aliphatic carbocycles. The summed E-state index contributed by atoms with van der Waals surface area (Å²) in [5.74, 6) is 11.0. The summed E-state index contributed by atoms with van der Waals surface area (Å²) in [6.07, 6.45) is 13.0. The summed E-state index contributed by atoms with van der Waals surface area (Å²) >= 11 is 0. The lowest BCUT2D eigenvalue weighted by atomic mass is 10.1. The average Bonchev–Trinajstić information content (AvgIpc) is 2.39. The van der Waals surface area contributed by atoms with Crippen LogP contribution in [-0.2, 0) is 0 Å². The molecule has 0 saturated heterocycles. The lowest BCUT2D eigenvalue weighted by molar-refractivity contribution is 0.228. The van der Waals surface area contributed by atoms with E-state index in [2.05, 4.69) is 42.8 Å². The first kappa shape index (κ1) is 16.8. The molecule has 100 valence electrons. The van der Waals surface area contributed by atoms with Gasteiger partial charge in [-0.3, -0.25) is 0 Å². The number of unbranched alkanes of at least 4 members (excludes halogenated alkanes) is 5. The van der Waals surface area contributed by atoms with Crippen LogP contribution in [-0.4, -0.2) is 11.2 Å². The van der Waals surface area contributed by atoms with Crippen molar-refractivity contribution in [2.45, 2.75) is 71.3 Å². The first-order valence-electron chi connectivity index (χ1n) is 7.12. The van der Waals surface area contributed by atoms with Crippen molar-refractivity contribution in [2.75, 3.05) is 0 Å². The molecule has 0 bridgehead atoms. The Morgan fingerprint density at radius 2 is 1.78 bits per heavy atom. The van der Waals surface area contributed by atoms with E-state index in [1.807, 2.05) is 6.92 Å². The predicted molar refractivity (Wildman–Crippen MR) is 79.0 cm³/mol. The van der Waals surface area contributed by atoms with Crippen LogP contribution in [0.15, 0.2) is 12.2 Å². The zero-order valence-corrected chi connectivity index (χ0v) is 11.8. The second kappa shape index (κ2) is 13.9. The second-order valence-corrected chi connectivity index (χ2v) is 4.37. The summed E-state index contributed by atoms with van der Waals surface area (Å²) in [6, 6.07) is 0. The van der Waals surface area contributed by atoms with Gasteiger partial charge >= 0.3 is 0 Å². The van der Waals surface area contributed by atoms with Crippen LogP contribution >= 0.6 is 0 Å². The number of hydrogen-bond donors (Lipinski definition) is 1. The Morgan fingerprint density at radius 1 is 1.00 bits per heavy atom. The minimum atomic E-state index is -0.530. The minimum absolute atomic E-state index is 0.530. The van der Waals surface area contributed by atoms with E-state index in [1.54, 1.807) is 0 Å². The molecule has 1 heteroatoms. The van der Waals surface area contributed by atoms with Crippen LogP contribution in [0, 0.1) is 23.7 Å². The van der Waals surface area contributed by atoms with Crippen LogP contribution in [0.4, 0.5) is 0 Å². The number of rotatable bonds is 8. The summed E-state index contributed by atoms with van der Waals surface area (Å²) in [5, 5.41) is 9.16. The molecule has 0 aromatic rings. The molecule has 0 fully saturated rings. The highest BCUT2D eigenvalue weighted by Gasteiger charge is 1.89. The van der Waals surface area contributed by atoms with Crippen LogP contribution in [0.2, 0.25) is 0 Å². The first-order chi connectivity index (χ1) is 8.81. The van der Waals surface area contributed by atoms with Crippen LogP contribution in [0.25, 0.3) is 0 Å². The first-order valence-corrected chi connectivity index (χ1v) is 7.12. The topological polar surface area (TPSA) is 20.2 Å². The second-order valence-electron chi connectivity index (χ2n) is 4.37. The molecule has 1 N–H and O–H groups in total. The highest BCUT2D eigenvalue weighted by Crippen LogP contribution is 2.05. The van der Waals surface area contributed by atoms with E-state index in [0.29, 0.717) is 6.42 Å². The molecule has 1 nitrogen and oxygen atoms in total. The van der Waals surface area contributed by atoms with Gasteiger partial charge in [-0.15, -0.1) is 0 Å². The number of hydrogen-bond acceptors (Lipinski definition) is 1. The largest absolute Gasteiger partial charge is 0.380 e. The third-order valence-corrected chi connectivity index (χ3v) is 2.64. The van der Waals surface area contributed by atoms with Gasteiger partial charge in [-0.2, -0.15) is 0 Å². The Kier molecular flexibility index (Phi) is 13.0. The average molecular weight is 246 g/mol. The van der Waals surface area contributed by atoms with Crippen molar-refractivity contribution in [3.63, 3.8) is 0 Å². The van der Waals surface area contributed by atoms with E-state index in [9.17, 15) is 0 Å². The molecule has 0 heterocycles. The molecular weight excluding hydrogens is 220 g/mol. The summed E-state index contributed by atoms with van der Waals surface area (Å²) in [5.41, 5.74) is 0. The van der Waals surface area contributed by atoms with Crippen LogP contribution in [0.3, 0.4) is 0 Å². The molecule has 0 aromatic carbocycles. The fourth-order valence-electron chi connectivity index (χ4n) is 1.44. The maximum Gasteiger partial charge on any atom is 0.115 e. The van der Waals surface area contributed by atoms with Crippen LogP contribution in [0.5, 0.6) is 0 Å². The van der Waals surface area contributed by atoms with Gasteiger partial charge in [0.05, 0.1) is 0 Å². The lowest BCUT2D eigenvalue weighted by Gasteiger charge is -1.95. The molecule has 18 heavy (non-hydrogen) atoms. The SMILES string of the molecule is CCCCCCC/C=C\CC#CC#C[C@H](O)CC. The van der Waals surface area contributed by atoms with E-state index in [-0.39, 0.29) is 0 Å². The Balaban J connectivity index is 3.47. The highest BCUT2D eigenvalue weighted by atomic mass is 16.3. The monoisotopic (exact) mass is 246 g/mol. The van der Waals surface area contributed by atoms with E-state index in [4.69, 9.17) is 5.11 Å². The Morgan fingerprint density at radius 3 is 2.50 bits per heavy atom. The molecule has 0 saturated carbocycles. The van der Waals surface area contributed by atoms with E-state index >= 15 is 0 Å². The fraction of sp³-hybridized carbons (Fsp3) is 0.647. The number of aliphatic hydroxyl groups excluding tert-OH is 1. The van der Waals surface area contributed by atoms with Gasteiger partial charge < -0.3 is 5.11 Å². The quantitative estimate of drug-likeness (QED) is 0.389. The van der Waals surface area contributed by atoms with Gasteiger partial charge in [-0.1, -0.05) is 63.5 Å². The van der Waals surface area contributed by atoms with Crippen molar-refractivity contribution < 1.29 is 5.11 Å². The molecule has 1 atom stereocenters. The molecule has 0 amide bonds. The zero-order valence-electron chi connectivity index (χ0n) is 11.8. The standard InChI is InChI=1S/C17H26O/c1-3-5-6-7-8-9-10-11-12-13-14-15-16-17(18)4-2/h10-11,17-18H,3-9,12H2,1-2H3/b11-10-/t17-/m1/s1. The van der Waals surface area contributed by atoms with Gasteiger partial charge in [0.2, 0.25) is 0 Å². The molecule has 0 aliphatic heterocycles. The zero-order chi connectivity index (χ0) is 13.5. The Bertz CT molecular complexity index is 319. The van der Waals surface area contributed by atoms with Gasteiger partial charge in [0.15, 0.2) is 0 Å². The molecule has 0 aromatic heterocycles. The third kappa shape index (κ3) is 12.9. The van der Waals surface area contributed by atoms with Crippen LogP contribution in [0.1, 0.15) is 65.2 Å². The van der Waals surface area contributed by atoms with Gasteiger partial charge in [0.25, 0.3) is 0 Å². The van der Waals surface area contributed by atoms with Crippen molar-refractivity contribution in [3.8, 4) is 23.7 Å². The number of allylic oxidation sites excluding steroid dienone is 2. The maximum atomic E-state index is 9.16. The highest BCUT2D eigenvalue weighted by molar-refractivity contribution is 5.27. The summed E-state index contributed by atoms with van der Waals surface area (Å²) in [7, 11) is 0. The number of aliphatic hydroxyl groups is 1. The Hall–Kier alpha value is -1.18. The summed E-state index contributed by atoms with van der Waals surface area (Å²) in [4.78, 5) is 0. The third-order valence-electron chi connectivity index (χ3n) is 2.64. The fourth-order valence-corrected chi connectivity index (χ4v) is 1.44. The van der Waals surface area contributed by atoms with E-state index in [1.165, 1.54) is 32.1 Å². The Labute approximate surface area is 113 Å². The molecule has 0 unspecified atom stereocenters. The van der Waals surface area contributed by atoms with Gasteiger partial charge in [0.1, 0.15) is 6.10 Å². The minimum Gasteiger partial charge on any atom is -0.380 e. The predicted octanol–water partition coefficient (Wildman–Crippen LogP) is 4.07. The normalized spacial score (nSPS) is 11.5. The molecule has 0 spiro atoms. The smallest absolute Gasteiger partial charge is 0.115 e. The summed E-state index contributed by atoms with van der Waals surface area (Å²) < 4.78 is 0. The van der Waals surface area contributed by atoms with Crippen molar-refractivity contribution in [1.82, 2.24) is 0 Å². The van der Waals surface area contributed by atoms with Gasteiger partial charge in [0, 0.05) is 6.42 Å². The van der Waals surface area contributed by atoms with Crippen molar-refractivity contribution in [1.29, 1.82) is 0 Å². The molecule has 0 aliphatic rings. The molecular formula is C17H26O. The summed E-state index contributed by atoms with van der Waals surface area (Å²) in [6.45, 7) is 4.14. The van der Waals surface area contributed by atoms with E-state index < -0.39 is 6.10 Å². The molecule has 0 radical (unpaired) electrons. The van der Waals surface area contributed by atoms with Crippen molar-refractivity contribution in [3.05, 3.63) is 12.2 Å². The van der Waals surface area contributed by atoms with E-state index in [0.717, 1.165) is 12.8 Å². The molecule has 0 rings (SSSR count). The van der Waals surface area contributed by atoms with Crippen molar-refractivity contribution >= 4 is 0 Å². The van der Waals surface area contributed by atoms with Crippen LogP contribution < -0.4 is 0 Å². The lowest BCUT2D eigenvalue weighted by Crippen LogP contribution is -1.98. The maximum absolute atomic E-state index is 9.16. The van der Waals surface area contributed by atoms with Crippen molar-refractivity contribution in [2.24, 2.45) is 0 Å². The van der Waals surface area contributed by atoms with Gasteiger partial charge in [-0.05, 0) is 31.1 Å². The van der Waals surface area contributed by atoms with Gasteiger partial charge in [-0.25, -0.2) is 0 Å².